The fourth-order valence-electron chi connectivity index (χ4n) is 11.4. The van der Waals surface area contributed by atoms with E-state index in [1.165, 1.54) is 9.80 Å². The van der Waals surface area contributed by atoms with E-state index < -0.39 is 153 Å². The molecule has 0 saturated carbocycles. The summed E-state index contributed by atoms with van der Waals surface area (Å²) in [6.07, 6.45) is -2.86. The summed E-state index contributed by atoms with van der Waals surface area (Å²) >= 11 is 0. The van der Waals surface area contributed by atoms with Gasteiger partial charge in [-0.25, -0.2) is 4.79 Å². The van der Waals surface area contributed by atoms with E-state index in [9.17, 15) is 51.5 Å². The summed E-state index contributed by atoms with van der Waals surface area (Å²) in [5.74, 6) is -9.33. The third-order valence-electron chi connectivity index (χ3n) is 16.1. The van der Waals surface area contributed by atoms with E-state index in [-0.39, 0.29) is 77.5 Å². The number of carboxylic acid groups (broad SMARTS) is 1. The number of carbonyl (C=O) groups is 11. The van der Waals surface area contributed by atoms with Crippen LogP contribution in [0.5, 0.6) is 0 Å². The summed E-state index contributed by atoms with van der Waals surface area (Å²) in [6.45, 7) is 22.4. The summed E-state index contributed by atoms with van der Waals surface area (Å²) in [5, 5.41) is 30.3. The monoisotopic (exact) mass is 1310 g/mol. The zero-order valence-corrected chi connectivity index (χ0v) is 56.0. The number of carbonyl (C=O) groups excluding carboxylic acids is 10. The second kappa shape index (κ2) is 33.9. The molecule has 0 unspecified atom stereocenters. The molecule has 2 aromatic carbocycles. The number of rotatable bonds is 12. The van der Waals surface area contributed by atoms with E-state index in [0.29, 0.717) is 36.8 Å². The lowest BCUT2D eigenvalue weighted by molar-refractivity contribution is -0.192. The van der Waals surface area contributed by atoms with E-state index in [4.69, 9.17) is 21.4 Å². The van der Waals surface area contributed by atoms with Gasteiger partial charge in [-0.3, -0.25) is 47.9 Å². The smallest absolute Gasteiger partial charge is 0.475 e. The molecule has 0 radical (unpaired) electrons. The zero-order valence-electron chi connectivity index (χ0n) is 56.0. The fourth-order valence-corrected chi connectivity index (χ4v) is 11.4. The van der Waals surface area contributed by atoms with Crippen LogP contribution in [-0.2, 0) is 65.6 Å². The van der Waals surface area contributed by atoms with Crippen LogP contribution in [-0.4, -0.2) is 173 Å². The highest BCUT2D eigenvalue weighted by molar-refractivity contribution is 6.00. The van der Waals surface area contributed by atoms with E-state index >= 15 is 9.59 Å². The van der Waals surface area contributed by atoms with Crippen LogP contribution in [0.25, 0.3) is 0 Å². The van der Waals surface area contributed by atoms with Gasteiger partial charge in [-0.05, 0) is 110 Å². The maximum Gasteiger partial charge on any atom is 0.490 e. The van der Waals surface area contributed by atoms with Crippen LogP contribution in [0.2, 0.25) is 0 Å². The predicted octanol–water partition coefficient (Wildman–Crippen LogP) is 3.42. The highest BCUT2D eigenvalue weighted by Crippen LogP contribution is 2.28. The minimum atomic E-state index is -5.08. The molecule has 5 rings (SSSR count). The van der Waals surface area contributed by atoms with Crippen molar-refractivity contribution in [3.8, 4) is 0 Å². The largest absolute Gasteiger partial charge is 0.490 e. The molecule has 93 heavy (non-hydrogen) atoms. The van der Waals surface area contributed by atoms with E-state index in [2.05, 4.69) is 42.5 Å². The third-order valence-corrected chi connectivity index (χ3v) is 16.1. The summed E-state index contributed by atoms with van der Waals surface area (Å²) in [7, 11) is 0. The number of amides is 10. The number of hydrogen-bond acceptors (Lipinski definition) is 13. The van der Waals surface area contributed by atoms with Crippen LogP contribution in [0.3, 0.4) is 0 Å². The second-order valence-corrected chi connectivity index (χ2v) is 28.9. The van der Waals surface area contributed by atoms with E-state index in [1.54, 1.807) is 90.1 Å². The molecule has 0 aromatic heterocycles. The van der Waals surface area contributed by atoms with Gasteiger partial charge in [0.15, 0.2) is 0 Å². The van der Waals surface area contributed by atoms with Gasteiger partial charge < -0.3 is 68.9 Å². The van der Waals surface area contributed by atoms with E-state index in [0.717, 1.165) is 0 Å². The first-order chi connectivity index (χ1) is 43.1. The lowest BCUT2D eigenvalue weighted by atomic mass is 9.85. The molecule has 0 aliphatic carbocycles. The van der Waals surface area contributed by atoms with Crippen molar-refractivity contribution in [2.75, 3.05) is 26.2 Å². The number of benzene rings is 2. The molecule has 2 aromatic rings. The van der Waals surface area contributed by atoms with Crippen LogP contribution in [0, 0.1) is 21.7 Å². The topological polar surface area (TPSA) is 363 Å². The number of aliphatic carboxylic acids is 1. The lowest BCUT2D eigenvalue weighted by Crippen LogP contribution is -2.63. The predicted molar refractivity (Wildman–Crippen MR) is 343 cm³/mol. The molecule has 10 amide bonds. The van der Waals surface area contributed by atoms with Gasteiger partial charge in [0.1, 0.15) is 60.4 Å². The minimum absolute atomic E-state index is 0.0140. The van der Waals surface area contributed by atoms with Crippen LogP contribution in [0.1, 0.15) is 158 Å². The number of halogens is 3. The Kier molecular flexibility index (Phi) is 28.4. The minimum Gasteiger partial charge on any atom is -0.475 e. The number of nitrogens with two attached hydrogens (primary N) is 2. The molecule has 10 atom stereocenters. The number of hydrogen-bond donors (Lipinski definition) is 11. The van der Waals surface area contributed by atoms with Crippen LogP contribution >= 0.6 is 0 Å². The van der Waals surface area contributed by atoms with Gasteiger partial charge >= 0.3 is 12.1 Å². The van der Waals surface area contributed by atoms with Crippen molar-refractivity contribution in [3.05, 3.63) is 71.8 Å². The molecule has 13 N–H and O–H groups in total. The number of alkyl halides is 3. The maximum atomic E-state index is 15.1. The highest BCUT2D eigenvalue weighted by Gasteiger charge is 2.46. The normalized spacial score (nSPS) is 25.3. The van der Waals surface area contributed by atoms with Gasteiger partial charge in [-0.15, -0.1) is 0 Å². The van der Waals surface area contributed by atoms with Gasteiger partial charge in [0.2, 0.25) is 59.1 Å². The number of fused-ring (bicyclic) bond motifs is 2. The van der Waals surface area contributed by atoms with Gasteiger partial charge in [0.05, 0.1) is 0 Å². The summed E-state index contributed by atoms with van der Waals surface area (Å²) < 4.78 is 31.7. The Morgan fingerprint density at radius 3 is 1.02 bits per heavy atom. The van der Waals surface area contributed by atoms with Gasteiger partial charge in [0, 0.05) is 25.9 Å². The zero-order chi connectivity index (χ0) is 70.0. The first-order valence-corrected chi connectivity index (χ1v) is 32.0. The first-order valence-electron chi connectivity index (χ1n) is 32.0. The van der Waals surface area contributed by atoms with Crippen molar-refractivity contribution in [2.24, 2.45) is 33.1 Å². The quantitative estimate of drug-likeness (QED) is 0.145. The first kappa shape index (κ1) is 77.8. The Balaban J connectivity index is 0.00000248. The van der Waals surface area contributed by atoms with Crippen molar-refractivity contribution in [2.45, 2.75) is 227 Å². The Morgan fingerprint density at radius 2 is 0.742 bits per heavy atom. The molecule has 3 saturated heterocycles. The van der Waals surface area contributed by atoms with Crippen molar-refractivity contribution in [1.29, 1.82) is 0 Å². The average Bonchev–Trinajstić information content (AvgIpc) is 1.84. The van der Waals surface area contributed by atoms with E-state index in [1.807, 2.05) is 53.7 Å². The fraction of sp³-hybridized carbons (Fsp3) is 0.652. The molecular weight excluding hydrogens is 1210 g/mol. The summed E-state index contributed by atoms with van der Waals surface area (Å²) in [5.41, 5.74) is 10.3. The van der Waals surface area contributed by atoms with Crippen molar-refractivity contribution >= 4 is 65.0 Å². The summed E-state index contributed by atoms with van der Waals surface area (Å²) in [6, 6.07) is 5.94. The molecule has 0 bridgehead atoms. The Labute approximate surface area is 544 Å². The average molecular weight is 1310 g/mol. The van der Waals surface area contributed by atoms with Crippen LogP contribution in [0.15, 0.2) is 60.7 Å². The molecule has 3 heterocycles. The third kappa shape index (κ3) is 24.6. The standard InChI is InChI=1S/C64H100N12O10.C2HF3O2/c1-61(2,3)37-45-53(79)69-43(35-39-23-15-13-16-24-39)59(85)75-33-21-29-47(75)55(81)74-50(64(10,11)12)58(84)68-42(28-20-32-66)52(78)72-46(38-62(4,5)6)54(80)70-44(36-40-25-17-14-18-26-40)60(86)76-34-22-30-48(76)56(82)73-49(63(7,8)9)57(83)67-41(27-19-31-65)51(77)71-45;3-2(4,5)1(6)7/h13-18,23-26,41-50H,19-22,27-38,65-66H2,1-12H3,(H,67,83)(H,68,84)(H,69,79)(H,70,80)(H,71,77)(H,72,78)(H,73,82)(H,74,81);(H,6,7)/t41-,42-,43+,44+,45-,46-,47-,48-,49+,50+;/m0./s1. The lowest BCUT2D eigenvalue weighted by Gasteiger charge is -2.36. The number of nitrogens with zero attached hydrogens (tertiary/aromatic N) is 2. The van der Waals surface area contributed by atoms with Crippen molar-refractivity contribution < 1.29 is 71.0 Å². The molecule has 24 nitrogen and oxygen atoms in total. The SMILES string of the molecule is CC(C)(C)C[C@@H]1NC(=O)[C@H](CCCN)NC(=O)[C@H](C(C)(C)C)NC(=O)[C@@H]2CCCN2C(=O)[C@@H](Cc2ccccc2)NC(=O)[C@H](CC(C)(C)C)NC(=O)[C@H](CCCN)NC(=O)[C@H](C(C)(C)C)NC(=O)[C@@H]2CCCN2C(=O)[C@@H](Cc2ccccc2)NC1=O.O=C(O)C(F)(F)F. The number of carboxylic acids is 1. The number of nitrogens with one attached hydrogen (secondary N) is 8. The molecular formula is C66H101F3N12O12. The molecule has 3 fully saturated rings. The van der Waals surface area contributed by atoms with Crippen molar-refractivity contribution in [1.82, 2.24) is 52.3 Å². The second-order valence-electron chi connectivity index (χ2n) is 28.9. The van der Waals surface area contributed by atoms with Crippen molar-refractivity contribution in [3.63, 3.8) is 0 Å². The summed E-state index contributed by atoms with van der Waals surface area (Å²) in [4.78, 5) is 160. The highest BCUT2D eigenvalue weighted by atomic mass is 19.4. The van der Waals surface area contributed by atoms with Gasteiger partial charge in [0.25, 0.3) is 0 Å². The van der Waals surface area contributed by atoms with Crippen LogP contribution in [0.4, 0.5) is 13.2 Å². The maximum absolute atomic E-state index is 15.1. The molecule has 27 heteroatoms. The van der Waals surface area contributed by atoms with Crippen LogP contribution < -0.4 is 54.0 Å². The van der Waals surface area contributed by atoms with Gasteiger partial charge in [-0.2, -0.15) is 13.2 Å². The molecule has 3 aliphatic heterocycles. The Bertz CT molecular complexity index is 2730. The Morgan fingerprint density at radius 1 is 0.452 bits per heavy atom. The Hall–Kier alpha value is -7.68. The molecule has 3 aliphatic rings. The molecule has 518 valence electrons. The van der Waals surface area contributed by atoms with Gasteiger partial charge in [-0.1, -0.05) is 144 Å². The molecule has 0 spiro atoms.